The summed E-state index contributed by atoms with van der Waals surface area (Å²) in [4.78, 5) is 0. The van der Waals surface area contributed by atoms with E-state index in [1.807, 2.05) is 30.3 Å². The molecule has 0 amide bonds. The third-order valence-corrected chi connectivity index (χ3v) is 1.93. The minimum Gasteiger partial charge on any atom is -0.383 e. The standard InChI is InChI=1S/C12H11F3O/c13-12(14,15)11(16)9-5-4-8-10-6-2-1-3-7-10/h1-3,6-7,11,16H,8-9H2. The lowest BCUT2D eigenvalue weighted by atomic mass is 10.1. The first-order valence-electron chi connectivity index (χ1n) is 4.74. The molecule has 4 heteroatoms. The van der Waals surface area contributed by atoms with Crippen molar-refractivity contribution in [3.63, 3.8) is 0 Å². The molecule has 16 heavy (non-hydrogen) atoms. The normalized spacial score (nSPS) is 12.8. The van der Waals surface area contributed by atoms with Gasteiger partial charge in [-0.2, -0.15) is 13.2 Å². The molecular formula is C12H11F3O. The minimum absolute atomic E-state index is 0.394. The van der Waals surface area contributed by atoms with E-state index < -0.39 is 18.7 Å². The fraction of sp³-hybridized carbons (Fsp3) is 0.333. The summed E-state index contributed by atoms with van der Waals surface area (Å²) in [6.07, 6.45) is -7.11. The van der Waals surface area contributed by atoms with Gasteiger partial charge in [0.25, 0.3) is 0 Å². The van der Waals surface area contributed by atoms with Crippen LogP contribution in [-0.4, -0.2) is 17.4 Å². The summed E-state index contributed by atoms with van der Waals surface area (Å²) in [6, 6.07) is 9.21. The van der Waals surface area contributed by atoms with Gasteiger partial charge in [-0.05, 0) is 5.56 Å². The summed E-state index contributed by atoms with van der Waals surface area (Å²) in [5.41, 5.74) is 0.941. The summed E-state index contributed by atoms with van der Waals surface area (Å²) in [5, 5.41) is 8.66. The van der Waals surface area contributed by atoms with Crippen molar-refractivity contribution < 1.29 is 18.3 Å². The molecule has 1 atom stereocenters. The minimum atomic E-state index is -4.58. The Morgan fingerprint density at radius 3 is 2.31 bits per heavy atom. The van der Waals surface area contributed by atoms with E-state index in [1.54, 1.807) is 0 Å². The van der Waals surface area contributed by atoms with Crippen molar-refractivity contribution >= 4 is 0 Å². The van der Waals surface area contributed by atoms with Gasteiger partial charge in [-0.1, -0.05) is 42.2 Å². The first-order chi connectivity index (χ1) is 7.50. The molecular weight excluding hydrogens is 217 g/mol. The summed E-state index contributed by atoms with van der Waals surface area (Å²) >= 11 is 0. The van der Waals surface area contributed by atoms with Crippen LogP contribution in [0.3, 0.4) is 0 Å². The predicted molar refractivity (Wildman–Crippen MR) is 54.6 cm³/mol. The van der Waals surface area contributed by atoms with Crippen LogP contribution in [0.25, 0.3) is 0 Å². The molecule has 0 bridgehead atoms. The molecule has 1 unspecified atom stereocenters. The maximum Gasteiger partial charge on any atom is 0.415 e. The fourth-order valence-corrected chi connectivity index (χ4v) is 1.04. The summed E-state index contributed by atoms with van der Waals surface area (Å²) in [7, 11) is 0. The zero-order chi connectivity index (χ0) is 12.0. The van der Waals surface area contributed by atoms with Gasteiger partial charge in [0.2, 0.25) is 0 Å². The van der Waals surface area contributed by atoms with Gasteiger partial charge in [0, 0.05) is 12.8 Å². The van der Waals surface area contributed by atoms with Crippen LogP contribution in [0.1, 0.15) is 12.0 Å². The van der Waals surface area contributed by atoms with Crippen molar-refractivity contribution in [2.24, 2.45) is 0 Å². The van der Waals surface area contributed by atoms with Gasteiger partial charge in [-0.25, -0.2) is 0 Å². The lowest BCUT2D eigenvalue weighted by Crippen LogP contribution is -2.27. The molecule has 1 N–H and O–H groups in total. The van der Waals surface area contributed by atoms with Crippen molar-refractivity contribution in [1.29, 1.82) is 0 Å². The predicted octanol–water partition coefficient (Wildman–Crippen LogP) is 2.55. The number of halogens is 3. The largest absolute Gasteiger partial charge is 0.415 e. The van der Waals surface area contributed by atoms with Gasteiger partial charge in [0.05, 0.1) is 0 Å². The maximum absolute atomic E-state index is 11.9. The van der Waals surface area contributed by atoms with E-state index in [4.69, 9.17) is 5.11 Å². The third-order valence-electron chi connectivity index (χ3n) is 1.93. The summed E-state index contributed by atoms with van der Waals surface area (Å²) < 4.78 is 35.6. The molecule has 0 radical (unpaired) electrons. The van der Waals surface area contributed by atoms with E-state index in [-0.39, 0.29) is 0 Å². The molecule has 1 rings (SSSR count). The topological polar surface area (TPSA) is 20.2 Å². The van der Waals surface area contributed by atoms with Crippen molar-refractivity contribution in [2.45, 2.75) is 25.1 Å². The second-order valence-corrected chi connectivity index (χ2v) is 3.28. The lowest BCUT2D eigenvalue weighted by Gasteiger charge is -2.10. The van der Waals surface area contributed by atoms with Crippen molar-refractivity contribution in [3.8, 4) is 11.8 Å². The Kier molecular flexibility index (Phi) is 4.39. The Bertz CT molecular complexity index is 373. The number of hydrogen-bond acceptors (Lipinski definition) is 1. The molecule has 1 aromatic rings. The average Bonchev–Trinajstić information content (AvgIpc) is 2.24. The first kappa shape index (κ1) is 12.6. The molecule has 0 aromatic heterocycles. The highest BCUT2D eigenvalue weighted by molar-refractivity contribution is 5.20. The molecule has 0 spiro atoms. The van der Waals surface area contributed by atoms with Crippen molar-refractivity contribution in [2.75, 3.05) is 0 Å². The van der Waals surface area contributed by atoms with Crippen molar-refractivity contribution in [3.05, 3.63) is 35.9 Å². The molecule has 0 aliphatic heterocycles. The van der Waals surface area contributed by atoms with Gasteiger partial charge in [0.15, 0.2) is 6.10 Å². The highest BCUT2D eigenvalue weighted by Gasteiger charge is 2.37. The maximum atomic E-state index is 11.9. The monoisotopic (exact) mass is 228 g/mol. The number of alkyl halides is 3. The molecule has 0 aliphatic carbocycles. The molecule has 1 aromatic carbocycles. The van der Waals surface area contributed by atoms with E-state index in [1.165, 1.54) is 0 Å². The van der Waals surface area contributed by atoms with E-state index >= 15 is 0 Å². The Balaban J connectivity index is 2.40. The van der Waals surface area contributed by atoms with Gasteiger partial charge >= 0.3 is 6.18 Å². The van der Waals surface area contributed by atoms with E-state index in [2.05, 4.69) is 11.8 Å². The van der Waals surface area contributed by atoms with Crippen molar-refractivity contribution in [1.82, 2.24) is 0 Å². The molecule has 0 aliphatic rings. The molecule has 0 saturated heterocycles. The third kappa shape index (κ3) is 4.37. The highest BCUT2D eigenvalue weighted by Crippen LogP contribution is 2.21. The number of aliphatic hydroxyl groups excluding tert-OH is 1. The van der Waals surface area contributed by atoms with E-state index in [0.29, 0.717) is 6.42 Å². The van der Waals surface area contributed by atoms with Crippen LogP contribution in [0.15, 0.2) is 30.3 Å². The SMILES string of the molecule is OC(CC#CCc1ccccc1)C(F)(F)F. The van der Waals surface area contributed by atoms with Crippen LogP contribution in [0, 0.1) is 11.8 Å². The number of rotatable bonds is 2. The molecule has 0 heterocycles. The zero-order valence-electron chi connectivity index (χ0n) is 8.46. The molecule has 0 fully saturated rings. The van der Waals surface area contributed by atoms with Gasteiger partial charge in [-0.3, -0.25) is 0 Å². The highest BCUT2D eigenvalue weighted by atomic mass is 19.4. The summed E-state index contributed by atoms with van der Waals surface area (Å²) in [5.74, 6) is 4.91. The summed E-state index contributed by atoms with van der Waals surface area (Å²) in [6.45, 7) is 0. The lowest BCUT2D eigenvalue weighted by molar-refractivity contribution is -0.201. The average molecular weight is 228 g/mol. The van der Waals surface area contributed by atoms with Gasteiger partial charge < -0.3 is 5.11 Å². The molecule has 1 nitrogen and oxygen atoms in total. The Morgan fingerprint density at radius 2 is 1.75 bits per heavy atom. The van der Waals surface area contributed by atoms with Crippen LogP contribution in [0.4, 0.5) is 13.2 Å². The second-order valence-electron chi connectivity index (χ2n) is 3.28. The number of aliphatic hydroxyl groups is 1. The smallest absolute Gasteiger partial charge is 0.383 e. The van der Waals surface area contributed by atoms with Crippen LogP contribution in [-0.2, 0) is 6.42 Å². The van der Waals surface area contributed by atoms with Gasteiger partial charge in [-0.15, -0.1) is 0 Å². The van der Waals surface area contributed by atoms with Crippen LogP contribution in [0.5, 0.6) is 0 Å². The quantitative estimate of drug-likeness (QED) is 0.771. The van der Waals surface area contributed by atoms with Crippen LogP contribution in [0.2, 0.25) is 0 Å². The number of benzene rings is 1. The Hall–Kier alpha value is -1.47. The van der Waals surface area contributed by atoms with E-state index in [0.717, 1.165) is 5.56 Å². The first-order valence-corrected chi connectivity index (χ1v) is 4.74. The van der Waals surface area contributed by atoms with E-state index in [9.17, 15) is 13.2 Å². The van der Waals surface area contributed by atoms with Gasteiger partial charge in [0.1, 0.15) is 0 Å². The Morgan fingerprint density at radius 1 is 1.12 bits per heavy atom. The zero-order valence-corrected chi connectivity index (χ0v) is 8.46. The number of hydrogen-bond donors (Lipinski definition) is 1. The Labute approximate surface area is 91.9 Å². The molecule has 86 valence electrons. The molecule has 0 saturated carbocycles. The second kappa shape index (κ2) is 5.57. The van der Waals surface area contributed by atoms with Crippen LogP contribution >= 0.6 is 0 Å². The van der Waals surface area contributed by atoms with Crippen LogP contribution < -0.4 is 0 Å². The fourth-order valence-electron chi connectivity index (χ4n) is 1.04.